The van der Waals surface area contributed by atoms with E-state index >= 15 is 0 Å². The molecule has 2 aromatic heterocycles. The van der Waals surface area contributed by atoms with Crippen LogP contribution in [0.15, 0.2) is 55.1 Å². The molecule has 2 aromatic carbocycles. The van der Waals surface area contributed by atoms with E-state index in [1.54, 1.807) is 18.3 Å². The van der Waals surface area contributed by atoms with Crippen LogP contribution < -0.4 is 0 Å². The topological polar surface area (TPSA) is 60.7 Å². The Morgan fingerprint density at radius 2 is 1.77 bits per heavy atom. The Morgan fingerprint density at radius 1 is 1.00 bits per heavy atom. The van der Waals surface area contributed by atoms with E-state index < -0.39 is 0 Å². The van der Waals surface area contributed by atoms with E-state index in [2.05, 4.69) is 15.0 Å². The largest absolute Gasteiger partial charge is 0.272 e. The normalized spacial score (nSPS) is 11.1. The predicted molar refractivity (Wildman–Crippen MR) is 84.0 cm³/mol. The van der Waals surface area contributed by atoms with Crippen LogP contribution in [0.4, 0.5) is 0 Å². The number of halogens is 1. The van der Waals surface area contributed by atoms with Gasteiger partial charge in [-0.05, 0) is 24.3 Å². The number of benzene rings is 2. The molecule has 4 rings (SSSR count). The highest BCUT2D eigenvalue weighted by Gasteiger charge is 2.18. The number of aromatic nitrogens is 4. The maximum atomic E-state index is 12.6. The molecule has 4 aromatic rings. The molecule has 22 heavy (non-hydrogen) atoms. The fourth-order valence-corrected chi connectivity index (χ4v) is 2.61. The molecule has 0 amide bonds. The van der Waals surface area contributed by atoms with Gasteiger partial charge in [-0.3, -0.25) is 9.36 Å². The number of rotatable bonds is 1. The molecule has 0 radical (unpaired) electrons. The molecule has 0 saturated heterocycles. The van der Waals surface area contributed by atoms with Crippen LogP contribution in [-0.2, 0) is 0 Å². The first-order valence-electron chi connectivity index (χ1n) is 6.62. The van der Waals surface area contributed by atoms with Gasteiger partial charge in [0.1, 0.15) is 11.8 Å². The molecule has 0 fully saturated rings. The highest BCUT2D eigenvalue weighted by molar-refractivity contribution is 6.35. The van der Waals surface area contributed by atoms with E-state index in [9.17, 15) is 4.79 Å². The van der Waals surface area contributed by atoms with Gasteiger partial charge in [-0.2, -0.15) is 0 Å². The molecule has 0 N–H and O–H groups in total. The fourth-order valence-electron chi connectivity index (χ4n) is 2.37. The minimum absolute atomic E-state index is 0.280. The third kappa shape index (κ3) is 1.95. The first-order chi connectivity index (χ1) is 10.7. The molecule has 6 heteroatoms. The lowest BCUT2D eigenvalue weighted by Gasteiger charge is -2.08. The number of imidazole rings is 1. The summed E-state index contributed by atoms with van der Waals surface area (Å²) in [5, 5.41) is 0.343. The third-order valence-electron chi connectivity index (χ3n) is 3.41. The van der Waals surface area contributed by atoms with Crippen molar-refractivity contribution in [3.05, 3.63) is 65.7 Å². The van der Waals surface area contributed by atoms with Crippen LogP contribution in [0.5, 0.6) is 0 Å². The van der Waals surface area contributed by atoms with Gasteiger partial charge in [0.15, 0.2) is 0 Å². The zero-order chi connectivity index (χ0) is 15.1. The number of carbonyl (C=O) groups excluding carboxylic acids is 1. The standard InChI is InChI=1S/C16H9ClN4O/c17-10-5-6-13-15(14(10)16(22)21-8-7-18-9-21)20-12-4-2-1-3-11(12)19-13/h1-9H. The third-order valence-corrected chi connectivity index (χ3v) is 3.73. The summed E-state index contributed by atoms with van der Waals surface area (Å²) in [7, 11) is 0. The number of para-hydroxylation sites is 2. The Labute approximate surface area is 130 Å². The smallest absolute Gasteiger partial charge is 0.266 e. The zero-order valence-corrected chi connectivity index (χ0v) is 12.0. The Morgan fingerprint density at radius 3 is 2.50 bits per heavy atom. The lowest BCUT2D eigenvalue weighted by Crippen LogP contribution is -2.12. The van der Waals surface area contributed by atoms with Gasteiger partial charge < -0.3 is 0 Å². The molecule has 0 spiro atoms. The van der Waals surface area contributed by atoms with E-state index in [-0.39, 0.29) is 5.91 Å². The number of hydrogen-bond acceptors (Lipinski definition) is 4. The summed E-state index contributed by atoms with van der Waals surface area (Å²) >= 11 is 6.24. The van der Waals surface area contributed by atoms with Crippen molar-refractivity contribution in [2.24, 2.45) is 0 Å². The molecule has 0 aliphatic rings. The maximum absolute atomic E-state index is 12.6. The first-order valence-corrected chi connectivity index (χ1v) is 6.99. The first kappa shape index (κ1) is 12.9. The van der Waals surface area contributed by atoms with Crippen molar-refractivity contribution in [3.8, 4) is 0 Å². The molecule has 2 heterocycles. The van der Waals surface area contributed by atoms with Crippen LogP contribution in [-0.4, -0.2) is 25.4 Å². The lowest BCUT2D eigenvalue weighted by molar-refractivity contribution is 0.0961. The highest BCUT2D eigenvalue weighted by Crippen LogP contribution is 2.26. The van der Waals surface area contributed by atoms with Crippen LogP contribution in [0.1, 0.15) is 10.4 Å². The number of hydrogen-bond donors (Lipinski definition) is 0. The van der Waals surface area contributed by atoms with E-state index in [1.807, 2.05) is 24.3 Å². The van der Waals surface area contributed by atoms with Gasteiger partial charge in [-0.1, -0.05) is 23.7 Å². The van der Waals surface area contributed by atoms with Gasteiger partial charge in [0.2, 0.25) is 0 Å². The van der Waals surface area contributed by atoms with Gasteiger partial charge in [-0.15, -0.1) is 0 Å². The van der Waals surface area contributed by atoms with Crippen molar-refractivity contribution >= 4 is 39.6 Å². The number of fused-ring (bicyclic) bond motifs is 2. The van der Waals surface area contributed by atoms with Gasteiger partial charge in [0.25, 0.3) is 5.91 Å². The molecule has 0 aliphatic heterocycles. The van der Waals surface area contributed by atoms with Crippen molar-refractivity contribution in [1.29, 1.82) is 0 Å². The van der Waals surface area contributed by atoms with Crippen molar-refractivity contribution in [2.45, 2.75) is 0 Å². The van der Waals surface area contributed by atoms with E-state index in [0.717, 1.165) is 11.0 Å². The van der Waals surface area contributed by atoms with Crippen molar-refractivity contribution in [2.75, 3.05) is 0 Å². The van der Waals surface area contributed by atoms with Gasteiger partial charge in [-0.25, -0.2) is 15.0 Å². The average Bonchev–Trinajstić information content (AvgIpc) is 3.07. The second kappa shape index (κ2) is 4.89. The van der Waals surface area contributed by atoms with Gasteiger partial charge in [0, 0.05) is 12.4 Å². The summed E-state index contributed by atoms with van der Waals surface area (Å²) in [5.74, 6) is -0.280. The zero-order valence-electron chi connectivity index (χ0n) is 11.3. The monoisotopic (exact) mass is 308 g/mol. The van der Waals surface area contributed by atoms with Crippen LogP contribution >= 0.6 is 11.6 Å². The SMILES string of the molecule is O=C(c1c(Cl)ccc2nc3ccccc3nc12)n1ccnc1. The second-order valence-electron chi connectivity index (χ2n) is 4.78. The Hall–Kier alpha value is -2.79. The Balaban J connectivity index is 2.06. The Kier molecular flexibility index (Phi) is 2.87. The molecule has 0 aliphatic carbocycles. The number of carbonyl (C=O) groups is 1. The quantitative estimate of drug-likeness (QED) is 0.506. The second-order valence-corrected chi connectivity index (χ2v) is 5.18. The van der Waals surface area contributed by atoms with E-state index in [4.69, 9.17) is 11.6 Å². The summed E-state index contributed by atoms with van der Waals surface area (Å²) in [5.41, 5.74) is 2.95. The van der Waals surface area contributed by atoms with Gasteiger partial charge >= 0.3 is 0 Å². The lowest BCUT2D eigenvalue weighted by atomic mass is 10.1. The van der Waals surface area contributed by atoms with Crippen LogP contribution in [0, 0.1) is 0 Å². The molecule has 0 bridgehead atoms. The minimum atomic E-state index is -0.280. The maximum Gasteiger partial charge on any atom is 0.266 e. The molecule has 0 atom stereocenters. The Bertz CT molecular complexity index is 1010. The molecular formula is C16H9ClN4O. The summed E-state index contributed by atoms with van der Waals surface area (Å²) in [6.07, 6.45) is 4.55. The predicted octanol–water partition coefficient (Wildman–Crippen LogP) is 3.32. The van der Waals surface area contributed by atoms with E-state index in [1.165, 1.54) is 17.1 Å². The molecular weight excluding hydrogens is 300 g/mol. The highest BCUT2D eigenvalue weighted by atomic mass is 35.5. The van der Waals surface area contributed by atoms with Crippen molar-refractivity contribution in [1.82, 2.24) is 19.5 Å². The summed E-state index contributed by atoms with van der Waals surface area (Å²) in [6, 6.07) is 10.9. The molecule has 5 nitrogen and oxygen atoms in total. The van der Waals surface area contributed by atoms with Gasteiger partial charge in [0.05, 0.1) is 27.1 Å². The van der Waals surface area contributed by atoms with Crippen LogP contribution in [0.25, 0.3) is 22.1 Å². The summed E-state index contributed by atoms with van der Waals surface area (Å²) < 4.78 is 1.37. The number of nitrogens with zero attached hydrogens (tertiary/aromatic N) is 4. The van der Waals surface area contributed by atoms with Crippen LogP contribution in [0.3, 0.4) is 0 Å². The fraction of sp³-hybridized carbons (Fsp3) is 0. The molecule has 106 valence electrons. The summed E-state index contributed by atoms with van der Waals surface area (Å²) in [6.45, 7) is 0. The van der Waals surface area contributed by atoms with Crippen molar-refractivity contribution < 1.29 is 4.79 Å². The van der Waals surface area contributed by atoms with E-state index in [0.29, 0.717) is 21.6 Å². The average molecular weight is 309 g/mol. The molecule has 0 saturated carbocycles. The molecule has 0 unspecified atom stereocenters. The summed E-state index contributed by atoms with van der Waals surface area (Å²) in [4.78, 5) is 25.7. The van der Waals surface area contributed by atoms with Crippen molar-refractivity contribution in [3.63, 3.8) is 0 Å². The minimum Gasteiger partial charge on any atom is -0.272 e. The van der Waals surface area contributed by atoms with Crippen LogP contribution in [0.2, 0.25) is 5.02 Å².